The monoisotopic (exact) mass is 365 g/mol. The van der Waals surface area contributed by atoms with Crippen LogP contribution in [-0.2, 0) is 9.59 Å². The average molecular weight is 366 g/mol. The Balaban J connectivity index is -0.000000418. The van der Waals surface area contributed by atoms with Crippen LogP contribution in [0.4, 0.5) is 0 Å². The Morgan fingerprint density at radius 1 is 0.920 bits per heavy atom. The normalized spacial score (nSPS) is 11.2. The molecular formula is C20H40NNaO3. The zero-order chi connectivity index (χ0) is 18.6. The molecule has 1 unspecified atom stereocenters. The number of carbonyl (C=O) groups is 1. The third-order valence-electron chi connectivity index (χ3n) is 3.92. The molecule has 0 spiro atoms. The Bertz CT molecular complexity index is 286. The molecule has 3 N–H and O–H groups in total. The summed E-state index contributed by atoms with van der Waals surface area (Å²) >= 11 is 0. The van der Waals surface area contributed by atoms with E-state index in [4.69, 9.17) is 10.8 Å². The maximum Gasteiger partial charge on any atom is 1.00 e. The van der Waals surface area contributed by atoms with Gasteiger partial charge in [0.15, 0.2) is 0 Å². The van der Waals surface area contributed by atoms with E-state index >= 15 is 0 Å². The quantitative estimate of drug-likeness (QED) is 0.265. The first-order valence-electron chi connectivity index (χ1n) is 9.79. The predicted molar refractivity (Wildman–Crippen MR) is 102 cm³/mol. The summed E-state index contributed by atoms with van der Waals surface area (Å²) in [5, 5.41) is 8.31. The van der Waals surface area contributed by atoms with Gasteiger partial charge in [0.25, 0.3) is 0 Å². The summed E-state index contributed by atoms with van der Waals surface area (Å²) in [6.07, 6.45) is 17.9. The van der Waals surface area contributed by atoms with Crippen molar-refractivity contribution in [2.24, 2.45) is 11.7 Å². The van der Waals surface area contributed by atoms with Gasteiger partial charge in [-0.2, -0.15) is 6.42 Å². The van der Waals surface area contributed by atoms with Gasteiger partial charge in [0.2, 0.25) is 0 Å². The van der Waals surface area contributed by atoms with Crippen molar-refractivity contribution in [2.75, 3.05) is 0 Å². The van der Waals surface area contributed by atoms with E-state index in [1.807, 2.05) is 20.1 Å². The molecule has 144 valence electrons. The first-order valence-corrected chi connectivity index (χ1v) is 9.79. The van der Waals surface area contributed by atoms with Crippen molar-refractivity contribution < 1.29 is 44.3 Å². The smallest absolute Gasteiger partial charge is 0.542 e. The Morgan fingerprint density at radius 2 is 1.32 bits per heavy atom. The summed E-state index contributed by atoms with van der Waals surface area (Å²) in [6.45, 7) is 6.16. The van der Waals surface area contributed by atoms with E-state index in [1.54, 1.807) is 0 Å². The Morgan fingerprint density at radius 3 is 1.60 bits per heavy atom. The number of aliphatic carboxylic acids is 1. The van der Waals surface area contributed by atoms with Crippen molar-refractivity contribution in [2.45, 2.75) is 110 Å². The second-order valence-electron chi connectivity index (χ2n) is 7.00. The van der Waals surface area contributed by atoms with Crippen LogP contribution in [0.15, 0.2) is 0 Å². The molecule has 0 heterocycles. The SMILES string of the molecule is CC(C)CC(N)C(=O)O.CCCCCCCCCCCCC[C-]=O.[Na+]. The van der Waals surface area contributed by atoms with Crippen molar-refractivity contribution in [1.82, 2.24) is 0 Å². The van der Waals surface area contributed by atoms with Gasteiger partial charge in [-0.15, -0.1) is 0 Å². The van der Waals surface area contributed by atoms with Gasteiger partial charge < -0.3 is 15.6 Å². The van der Waals surface area contributed by atoms with E-state index < -0.39 is 12.0 Å². The van der Waals surface area contributed by atoms with Gasteiger partial charge in [0.05, 0.1) is 0 Å². The fourth-order valence-corrected chi connectivity index (χ4v) is 2.47. The van der Waals surface area contributed by atoms with E-state index in [-0.39, 0.29) is 29.6 Å². The topological polar surface area (TPSA) is 80.4 Å². The van der Waals surface area contributed by atoms with Gasteiger partial charge in [-0.3, -0.25) is 11.1 Å². The van der Waals surface area contributed by atoms with Crippen molar-refractivity contribution in [3.63, 3.8) is 0 Å². The van der Waals surface area contributed by atoms with Crippen molar-refractivity contribution >= 4 is 12.3 Å². The number of carbonyl (C=O) groups excluding carboxylic acids is 1. The Kier molecular flexibility index (Phi) is 28.8. The van der Waals surface area contributed by atoms with E-state index in [9.17, 15) is 9.59 Å². The molecule has 0 aromatic rings. The first-order chi connectivity index (χ1) is 11.5. The molecule has 0 amide bonds. The van der Waals surface area contributed by atoms with Crippen LogP contribution in [0.3, 0.4) is 0 Å². The number of carboxylic acid groups (broad SMARTS) is 1. The summed E-state index contributed by atoms with van der Waals surface area (Å²) in [5.41, 5.74) is 5.22. The van der Waals surface area contributed by atoms with Gasteiger partial charge in [0.1, 0.15) is 6.04 Å². The number of hydrogen-bond acceptors (Lipinski definition) is 3. The molecule has 25 heavy (non-hydrogen) atoms. The first kappa shape index (κ1) is 29.8. The van der Waals surface area contributed by atoms with Crippen molar-refractivity contribution in [1.29, 1.82) is 0 Å². The number of carboxylic acids is 1. The predicted octanol–water partition coefficient (Wildman–Crippen LogP) is 2.25. The molecule has 0 aromatic carbocycles. The number of nitrogens with two attached hydrogens (primary N) is 1. The maximum atomic E-state index is 10.1. The minimum absolute atomic E-state index is 0. The van der Waals surface area contributed by atoms with Crippen LogP contribution in [0, 0.1) is 5.92 Å². The number of hydrogen-bond donors (Lipinski definition) is 2. The number of unbranched alkanes of at least 4 members (excludes halogenated alkanes) is 11. The fourth-order valence-electron chi connectivity index (χ4n) is 2.47. The van der Waals surface area contributed by atoms with Crippen LogP contribution in [0.1, 0.15) is 104 Å². The van der Waals surface area contributed by atoms with Crippen LogP contribution in [-0.4, -0.2) is 23.4 Å². The standard InChI is InChI=1S/C14H27O.C6H13NO2.Na/c1-2-3-4-5-6-7-8-9-10-11-12-13-14-15;1-4(2)3-5(7)6(8)9;/h2-13H2,1H3;4-5H,3,7H2,1-2H3,(H,8,9);/q-1;;+1. The molecule has 0 bridgehead atoms. The molecular weight excluding hydrogens is 325 g/mol. The molecule has 0 fully saturated rings. The number of rotatable bonds is 15. The third kappa shape index (κ3) is 29.1. The van der Waals surface area contributed by atoms with Crippen molar-refractivity contribution in [3.8, 4) is 0 Å². The second-order valence-corrected chi connectivity index (χ2v) is 7.00. The van der Waals surface area contributed by atoms with Gasteiger partial charge in [-0.05, 0) is 12.3 Å². The summed E-state index contributed by atoms with van der Waals surface area (Å²) in [6, 6.07) is -0.690. The van der Waals surface area contributed by atoms with E-state index in [2.05, 4.69) is 6.92 Å². The summed E-state index contributed by atoms with van der Waals surface area (Å²) in [4.78, 5) is 20.0. The zero-order valence-electron chi connectivity index (χ0n) is 17.2. The average Bonchev–Trinajstić information content (AvgIpc) is 2.52. The molecule has 0 rings (SSSR count). The molecule has 0 aliphatic heterocycles. The third-order valence-corrected chi connectivity index (χ3v) is 3.92. The fraction of sp³-hybridized carbons (Fsp3) is 0.900. The minimum atomic E-state index is -0.913. The molecule has 4 nitrogen and oxygen atoms in total. The van der Waals surface area contributed by atoms with Gasteiger partial charge in [0, 0.05) is 0 Å². The summed E-state index contributed by atoms with van der Waals surface area (Å²) in [7, 11) is 0. The molecule has 0 aliphatic rings. The second kappa shape index (κ2) is 24.1. The van der Waals surface area contributed by atoms with E-state index in [1.165, 1.54) is 64.2 Å². The Hall–Kier alpha value is 0.1000. The minimum Gasteiger partial charge on any atom is -0.542 e. The van der Waals surface area contributed by atoms with Crippen LogP contribution < -0.4 is 35.3 Å². The van der Waals surface area contributed by atoms with Crippen LogP contribution in [0.2, 0.25) is 0 Å². The van der Waals surface area contributed by atoms with Gasteiger partial charge >= 0.3 is 35.5 Å². The molecule has 0 aliphatic carbocycles. The van der Waals surface area contributed by atoms with E-state index in [0.29, 0.717) is 18.8 Å². The Labute approximate surface area is 178 Å². The molecule has 0 saturated heterocycles. The summed E-state index contributed by atoms with van der Waals surface area (Å²) < 4.78 is 0. The van der Waals surface area contributed by atoms with Crippen LogP contribution >= 0.6 is 0 Å². The van der Waals surface area contributed by atoms with Gasteiger partial charge in [-0.1, -0.05) is 91.4 Å². The van der Waals surface area contributed by atoms with Gasteiger partial charge in [-0.25, -0.2) is 0 Å². The maximum absolute atomic E-state index is 10.1. The van der Waals surface area contributed by atoms with Crippen molar-refractivity contribution in [3.05, 3.63) is 0 Å². The molecule has 0 saturated carbocycles. The molecule has 0 aromatic heterocycles. The largest absolute Gasteiger partial charge is 1.00 e. The summed E-state index contributed by atoms with van der Waals surface area (Å²) in [5.74, 6) is -0.556. The molecule has 0 radical (unpaired) electrons. The van der Waals surface area contributed by atoms with Crippen LogP contribution in [0.25, 0.3) is 0 Å². The molecule has 1 atom stereocenters. The molecule has 5 heteroatoms. The van der Waals surface area contributed by atoms with E-state index in [0.717, 1.165) is 6.42 Å². The zero-order valence-corrected chi connectivity index (χ0v) is 19.2. The van der Waals surface area contributed by atoms with Crippen LogP contribution in [0.5, 0.6) is 0 Å².